The van der Waals surface area contributed by atoms with Crippen molar-refractivity contribution in [3.05, 3.63) is 29.8 Å². The van der Waals surface area contributed by atoms with Gasteiger partial charge in [-0.2, -0.15) is 0 Å². The first kappa shape index (κ1) is 30.0. The molecule has 3 fully saturated rings. The number of nitrogens with one attached hydrogen (secondary N) is 3. The highest BCUT2D eigenvalue weighted by molar-refractivity contribution is 5.98. The van der Waals surface area contributed by atoms with E-state index in [-0.39, 0.29) is 30.4 Å². The highest BCUT2D eigenvalue weighted by atomic mass is 16.6. The molecule has 0 spiro atoms. The third-order valence-corrected chi connectivity index (χ3v) is 8.00. The van der Waals surface area contributed by atoms with E-state index in [0.29, 0.717) is 50.8 Å². The first-order valence-corrected chi connectivity index (χ1v) is 14.3. The minimum atomic E-state index is -1.03. The van der Waals surface area contributed by atoms with Gasteiger partial charge in [0.15, 0.2) is 5.78 Å². The monoisotopic (exact) mass is 558 g/mol. The molecule has 2 heterocycles. The summed E-state index contributed by atoms with van der Waals surface area (Å²) in [4.78, 5) is 54.5. The Morgan fingerprint density at radius 3 is 2.38 bits per heavy atom. The number of ketones is 1. The van der Waals surface area contributed by atoms with Gasteiger partial charge in [-0.25, -0.2) is 0 Å². The van der Waals surface area contributed by atoms with Crippen LogP contribution in [0.2, 0.25) is 0 Å². The number of epoxide rings is 1. The van der Waals surface area contributed by atoms with Crippen LogP contribution in [0.15, 0.2) is 24.3 Å². The minimum Gasteiger partial charge on any atom is -0.508 e. The third-order valence-electron chi connectivity index (χ3n) is 8.00. The Morgan fingerprint density at radius 2 is 1.73 bits per heavy atom. The molecular weight excluding hydrogens is 516 g/mol. The summed E-state index contributed by atoms with van der Waals surface area (Å²) in [6, 6.07) is 3.82. The maximum atomic E-state index is 13.6. The van der Waals surface area contributed by atoms with Crippen molar-refractivity contribution < 1.29 is 33.8 Å². The molecule has 1 saturated carbocycles. The van der Waals surface area contributed by atoms with Gasteiger partial charge < -0.3 is 30.5 Å². The second-order valence-corrected chi connectivity index (χ2v) is 11.4. The molecule has 3 amide bonds. The Morgan fingerprint density at radius 1 is 1.05 bits per heavy atom. The summed E-state index contributed by atoms with van der Waals surface area (Å²) in [5.41, 5.74) is -0.250. The summed E-state index contributed by atoms with van der Waals surface area (Å²) in [7, 11) is 0. The average Bonchev–Trinajstić information content (AvgIpc) is 3.46. The maximum Gasteiger partial charge on any atom is 0.243 e. The number of morpholine rings is 1. The lowest BCUT2D eigenvalue weighted by Crippen LogP contribution is -2.57. The summed E-state index contributed by atoms with van der Waals surface area (Å²) < 4.78 is 10.7. The summed E-state index contributed by atoms with van der Waals surface area (Å²) in [5.74, 6) is -1.08. The van der Waals surface area contributed by atoms with Crippen molar-refractivity contribution in [1.82, 2.24) is 20.9 Å². The number of phenols is 1. The van der Waals surface area contributed by atoms with Crippen LogP contribution in [0.25, 0.3) is 0 Å². The number of carbonyl (C=O) groups excluding carboxylic acids is 4. The van der Waals surface area contributed by atoms with Gasteiger partial charge in [-0.05, 0) is 43.9 Å². The highest BCUT2D eigenvalue weighted by Gasteiger charge is 2.50. The number of benzene rings is 1. The Labute approximate surface area is 235 Å². The molecule has 2 saturated heterocycles. The second kappa shape index (κ2) is 13.6. The maximum absolute atomic E-state index is 13.6. The second-order valence-electron chi connectivity index (χ2n) is 11.4. The number of Topliss-reactive ketones (excluding diaryl/α,β-unsaturated/α-hetero) is 1. The van der Waals surface area contributed by atoms with Crippen molar-refractivity contribution >= 4 is 23.5 Å². The number of nitrogens with zero attached hydrogens (tertiary/aromatic N) is 1. The molecule has 4 rings (SSSR count). The van der Waals surface area contributed by atoms with E-state index in [9.17, 15) is 24.3 Å². The zero-order valence-corrected chi connectivity index (χ0v) is 23.4. The number of rotatable bonds is 13. The molecule has 1 aromatic rings. The zero-order valence-electron chi connectivity index (χ0n) is 23.4. The lowest BCUT2D eigenvalue weighted by Gasteiger charge is -2.27. The summed E-state index contributed by atoms with van der Waals surface area (Å²) in [6.45, 7) is 6.18. The van der Waals surface area contributed by atoms with Gasteiger partial charge >= 0.3 is 0 Å². The molecule has 220 valence electrons. The first-order chi connectivity index (χ1) is 19.1. The molecule has 4 unspecified atom stereocenters. The number of carbonyl (C=O) groups is 4. The molecule has 11 heteroatoms. The molecule has 0 aromatic heterocycles. The SMILES string of the molecule is CC(NC(=O)CN1CCOCC1)C(=O)NC(Cc1cccc(O)c1)C(=O)NC(CC1CCCC1)C(=O)C1(C)CO1. The molecule has 4 atom stereocenters. The Bertz CT molecular complexity index is 1060. The van der Waals surface area contributed by atoms with Crippen molar-refractivity contribution in [1.29, 1.82) is 0 Å². The lowest BCUT2D eigenvalue weighted by molar-refractivity contribution is -0.134. The molecule has 0 bridgehead atoms. The largest absolute Gasteiger partial charge is 0.508 e. The van der Waals surface area contributed by atoms with Crippen LogP contribution in [-0.2, 0) is 35.1 Å². The van der Waals surface area contributed by atoms with Crippen LogP contribution < -0.4 is 16.0 Å². The van der Waals surface area contributed by atoms with E-state index >= 15 is 0 Å². The van der Waals surface area contributed by atoms with Crippen LogP contribution in [0.1, 0.15) is 51.5 Å². The fraction of sp³-hybridized carbons (Fsp3) is 0.655. The van der Waals surface area contributed by atoms with E-state index < -0.39 is 35.5 Å². The molecular formula is C29H42N4O7. The van der Waals surface area contributed by atoms with Crippen LogP contribution in [0.4, 0.5) is 0 Å². The first-order valence-electron chi connectivity index (χ1n) is 14.3. The fourth-order valence-electron chi connectivity index (χ4n) is 5.44. The van der Waals surface area contributed by atoms with E-state index in [1.54, 1.807) is 26.0 Å². The smallest absolute Gasteiger partial charge is 0.243 e. The third kappa shape index (κ3) is 8.49. The van der Waals surface area contributed by atoms with Crippen molar-refractivity contribution in [2.75, 3.05) is 39.5 Å². The lowest BCUT2D eigenvalue weighted by atomic mass is 9.90. The van der Waals surface area contributed by atoms with E-state index in [4.69, 9.17) is 9.47 Å². The van der Waals surface area contributed by atoms with Crippen LogP contribution >= 0.6 is 0 Å². The van der Waals surface area contributed by atoms with Crippen LogP contribution in [0.5, 0.6) is 5.75 Å². The van der Waals surface area contributed by atoms with Gasteiger partial charge in [0, 0.05) is 19.5 Å². The topological polar surface area (TPSA) is 150 Å². The van der Waals surface area contributed by atoms with Crippen LogP contribution in [0.3, 0.4) is 0 Å². The Balaban J connectivity index is 1.43. The molecule has 1 aliphatic carbocycles. The molecule has 0 radical (unpaired) electrons. The van der Waals surface area contributed by atoms with Crippen molar-refractivity contribution in [3.63, 3.8) is 0 Å². The standard InChI is InChI=1S/C29H42N4O7/c1-19(30-25(35)17-33-10-12-39-13-11-33)27(37)32-24(16-21-8-5-9-22(34)14-21)28(38)31-23(15-20-6-3-4-7-20)26(36)29(2)18-40-29/h5,8-9,14,19-20,23-24,34H,3-4,6-7,10-13,15-18H2,1-2H3,(H,30,35)(H,31,38)(H,32,37). The van der Waals surface area contributed by atoms with E-state index in [0.717, 1.165) is 25.7 Å². The van der Waals surface area contributed by atoms with E-state index in [1.165, 1.54) is 12.1 Å². The average molecular weight is 559 g/mol. The van der Waals surface area contributed by atoms with Gasteiger partial charge in [-0.15, -0.1) is 0 Å². The number of phenolic OH excluding ortho intramolecular Hbond substituents is 1. The zero-order chi connectivity index (χ0) is 28.7. The predicted molar refractivity (Wildman–Crippen MR) is 146 cm³/mol. The predicted octanol–water partition coefficient (Wildman–Crippen LogP) is 0.680. The molecule has 1 aromatic carbocycles. The quantitative estimate of drug-likeness (QED) is 0.258. The van der Waals surface area contributed by atoms with Gasteiger partial charge in [-0.3, -0.25) is 24.1 Å². The normalized spacial score (nSPS) is 23.6. The van der Waals surface area contributed by atoms with Gasteiger partial charge in [0.1, 0.15) is 23.4 Å². The van der Waals surface area contributed by atoms with Crippen molar-refractivity contribution in [2.24, 2.45) is 5.92 Å². The van der Waals surface area contributed by atoms with E-state index in [2.05, 4.69) is 16.0 Å². The van der Waals surface area contributed by atoms with Crippen molar-refractivity contribution in [2.45, 2.75) is 76.1 Å². The van der Waals surface area contributed by atoms with Gasteiger partial charge in [0.25, 0.3) is 0 Å². The molecule has 2 aliphatic heterocycles. The summed E-state index contributed by atoms with van der Waals surface area (Å²) in [5, 5.41) is 18.3. The Kier molecular flexibility index (Phi) is 10.2. The van der Waals surface area contributed by atoms with Crippen LogP contribution in [0, 0.1) is 5.92 Å². The van der Waals surface area contributed by atoms with Gasteiger partial charge in [-0.1, -0.05) is 37.8 Å². The summed E-state index contributed by atoms with van der Waals surface area (Å²) in [6.07, 6.45) is 4.88. The number of hydrogen-bond donors (Lipinski definition) is 4. The van der Waals surface area contributed by atoms with Gasteiger partial charge in [0.05, 0.1) is 32.4 Å². The highest BCUT2D eigenvalue weighted by Crippen LogP contribution is 2.33. The molecule has 40 heavy (non-hydrogen) atoms. The van der Waals surface area contributed by atoms with Crippen molar-refractivity contribution in [3.8, 4) is 5.75 Å². The fourth-order valence-corrected chi connectivity index (χ4v) is 5.44. The number of ether oxygens (including phenoxy) is 2. The summed E-state index contributed by atoms with van der Waals surface area (Å²) >= 11 is 0. The Hall–Kier alpha value is -3.02. The number of aromatic hydroxyl groups is 1. The van der Waals surface area contributed by atoms with Gasteiger partial charge in [0.2, 0.25) is 17.7 Å². The van der Waals surface area contributed by atoms with Crippen LogP contribution in [-0.4, -0.2) is 96.7 Å². The molecule has 11 nitrogen and oxygen atoms in total. The molecule has 3 aliphatic rings. The minimum absolute atomic E-state index is 0.0415. The number of amides is 3. The molecule has 4 N–H and O–H groups in total. The number of hydrogen-bond acceptors (Lipinski definition) is 8. The van der Waals surface area contributed by atoms with E-state index in [1.807, 2.05) is 4.90 Å².